The van der Waals surface area contributed by atoms with E-state index in [9.17, 15) is 19.7 Å². The lowest BCUT2D eigenvalue weighted by atomic mass is 10.1. The third-order valence-corrected chi connectivity index (χ3v) is 5.99. The summed E-state index contributed by atoms with van der Waals surface area (Å²) < 4.78 is 11.4. The van der Waals surface area contributed by atoms with Crippen LogP contribution in [0.2, 0.25) is 0 Å². The van der Waals surface area contributed by atoms with Gasteiger partial charge in [-0.15, -0.1) is 0 Å². The molecule has 0 saturated carbocycles. The van der Waals surface area contributed by atoms with Crippen molar-refractivity contribution in [2.24, 2.45) is 0 Å². The van der Waals surface area contributed by atoms with E-state index in [0.29, 0.717) is 40.6 Å². The first kappa shape index (κ1) is 24.5. The zero-order valence-corrected chi connectivity index (χ0v) is 20.2. The molecule has 0 saturated heterocycles. The van der Waals surface area contributed by atoms with Crippen molar-refractivity contribution < 1.29 is 24.0 Å². The lowest BCUT2D eigenvalue weighted by Crippen LogP contribution is -2.38. The predicted octanol–water partition coefficient (Wildman–Crippen LogP) is 5.35. The van der Waals surface area contributed by atoms with E-state index in [0.717, 1.165) is 5.56 Å². The Morgan fingerprint density at radius 3 is 2.47 bits per heavy atom. The Balaban J connectivity index is 1.25. The van der Waals surface area contributed by atoms with Crippen molar-refractivity contribution in [3.05, 3.63) is 124 Å². The second kappa shape index (κ2) is 10.8. The minimum atomic E-state index is -0.477. The van der Waals surface area contributed by atoms with E-state index in [1.807, 2.05) is 30.3 Å². The second-order valence-electron chi connectivity index (χ2n) is 8.63. The number of fused-ring (bicyclic) bond motifs is 1. The molecule has 1 aliphatic rings. The van der Waals surface area contributed by atoms with Gasteiger partial charge in [0.25, 0.3) is 17.5 Å². The van der Waals surface area contributed by atoms with Crippen LogP contribution in [0.1, 0.15) is 21.5 Å². The number of carbonyl (C=O) groups excluding carboxylic acids is 2. The summed E-state index contributed by atoms with van der Waals surface area (Å²) in [5.41, 5.74) is 3.07. The Bertz CT molecular complexity index is 1490. The standard InChI is InChI=1S/C29H23N3O6/c33-28-19-38-27-16-22(9-14-26(27)31(28)17-21-7-4-8-24(15-21)32(35)36)29(34)30-23-10-12-25(13-11-23)37-18-20-5-2-1-3-6-20/h1-16H,17-19H2,(H,30,34). The van der Waals surface area contributed by atoms with Crippen molar-refractivity contribution in [1.82, 2.24) is 0 Å². The molecule has 0 unspecified atom stereocenters. The van der Waals surface area contributed by atoms with Gasteiger partial charge in [0.15, 0.2) is 6.61 Å². The number of nitrogens with zero attached hydrogens (tertiary/aromatic N) is 2. The summed E-state index contributed by atoms with van der Waals surface area (Å²) in [5, 5.41) is 13.9. The summed E-state index contributed by atoms with van der Waals surface area (Å²) in [6, 6.07) is 27.9. The number of hydrogen-bond donors (Lipinski definition) is 1. The molecule has 9 nitrogen and oxygen atoms in total. The van der Waals surface area contributed by atoms with Crippen molar-refractivity contribution in [2.45, 2.75) is 13.2 Å². The minimum Gasteiger partial charge on any atom is -0.489 e. The van der Waals surface area contributed by atoms with E-state index < -0.39 is 4.92 Å². The van der Waals surface area contributed by atoms with Gasteiger partial charge in [-0.1, -0.05) is 42.5 Å². The highest BCUT2D eigenvalue weighted by molar-refractivity contribution is 6.06. The third kappa shape index (κ3) is 5.62. The quantitative estimate of drug-likeness (QED) is 0.253. The van der Waals surface area contributed by atoms with Crippen LogP contribution in [0.15, 0.2) is 97.1 Å². The first-order chi connectivity index (χ1) is 18.5. The van der Waals surface area contributed by atoms with E-state index in [4.69, 9.17) is 9.47 Å². The fourth-order valence-electron chi connectivity index (χ4n) is 4.05. The Kier molecular flexibility index (Phi) is 6.99. The fraction of sp³-hybridized carbons (Fsp3) is 0.103. The highest BCUT2D eigenvalue weighted by Crippen LogP contribution is 2.34. The van der Waals surface area contributed by atoms with Crippen LogP contribution in [0.3, 0.4) is 0 Å². The number of amides is 2. The molecule has 190 valence electrons. The smallest absolute Gasteiger partial charge is 0.269 e. The number of hydrogen-bond acceptors (Lipinski definition) is 6. The van der Waals surface area contributed by atoms with Crippen LogP contribution in [0.25, 0.3) is 0 Å². The van der Waals surface area contributed by atoms with E-state index in [1.54, 1.807) is 54.6 Å². The molecule has 0 fully saturated rings. The molecule has 0 aromatic heterocycles. The molecule has 2 amide bonds. The van der Waals surface area contributed by atoms with Gasteiger partial charge in [0.05, 0.1) is 17.2 Å². The van der Waals surface area contributed by atoms with Crippen molar-refractivity contribution in [1.29, 1.82) is 0 Å². The highest BCUT2D eigenvalue weighted by atomic mass is 16.6. The monoisotopic (exact) mass is 509 g/mol. The summed E-state index contributed by atoms with van der Waals surface area (Å²) in [6.07, 6.45) is 0. The lowest BCUT2D eigenvalue weighted by molar-refractivity contribution is -0.384. The van der Waals surface area contributed by atoms with Crippen molar-refractivity contribution in [3.63, 3.8) is 0 Å². The Morgan fingerprint density at radius 1 is 0.947 bits per heavy atom. The summed E-state index contributed by atoms with van der Waals surface area (Å²) >= 11 is 0. The summed E-state index contributed by atoms with van der Waals surface area (Å²) in [5.74, 6) is 0.446. The summed E-state index contributed by atoms with van der Waals surface area (Å²) in [7, 11) is 0. The third-order valence-electron chi connectivity index (χ3n) is 5.99. The predicted molar refractivity (Wildman–Crippen MR) is 141 cm³/mol. The van der Waals surface area contributed by atoms with Crippen LogP contribution in [-0.2, 0) is 17.9 Å². The molecule has 38 heavy (non-hydrogen) atoms. The number of nitro benzene ring substituents is 1. The zero-order chi connectivity index (χ0) is 26.5. The number of non-ortho nitro benzene ring substituents is 1. The maximum absolute atomic E-state index is 12.9. The Morgan fingerprint density at radius 2 is 1.71 bits per heavy atom. The number of ether oxygens (including phenoxy) is 2. The normalized spacial score (nSPS) is 12.3. The average molecular weight is 510 g/mol. The summed E-state index contributed by atoms with van der Waals surface area (Å²) in [6.45, 7) is 0.390. The zero-order valence-electron chi connectivity index (χ0n) is 20.2. The SMILES string of the molecule is O=C(Nc1ccc(OCc2ccccc2)cc1)c1ccc2c(c1)OCC(=O)N2Cc1cccc([N+](=O)[O-])c1. The van der Waals surface area contributed by atoms with Gasteiger partial charge < -0.3 is 19.7 Å². The van der Waals surface area contributed by atoms with Crippen molar-refractivity contribution >= 4 is 28.9 Å². The van der Waals surface area contributed by atoms with E-state index in [1.165, 1.54) is 17.0 Å². The van der Waals surface area contributed by atoms with E-state index >= 15 is 0 Å². The minimum absolute atomic E-state index is 0.0498. The molecular formula is C29H23N3O6. The number of nitro groups is 1. The second-order valence-corrected chi connectivity index (χ2v) is 8.63. The number of rotatable bonds is 8. The Labute approximate surface area is 218 Å². The maximum atomic E-state index is 12.9. The number of nitrogens with one attached hydrogen (secondary N) is 1. The molecule has 1 heterocycles. The lowest BCUT2D eigenvalue weighted by Gasteiger charge is -2.29. The van der Waals surface area contributed by atoms with Gasteiger partial charge in [-0.05, 0) is 53.6 Å². The largest absolute Gasteiger partial charge is 0.489 e. The molecule has 0 spiro atoms. The molecule has 0 atom stereocenters. The van der Waals surface area contributed by atoms with Crippen LogP contribution in [0.5, 0.6) is 11.5 Å². The van der Waals surface area contributed by atoms with Crippen molar-refractivity contribution in [3.8, 4) is 11.5 Å². The molecule has 4 aromatic rings. The molecule has 1 N–H and O–H groups in total. The fourth-order valence-corrected chi connectivity index (χ4v) is 4.05. The molecule has 1 aliphatic heterocycles. The van der Waals surface area contributed by atoms with Crippen LogP contribution >= 0.6 is 0 Å². The van der Waals surface area contributed by atoms with Crippen LogP contribution in [-0.4, -0.2) is 23.3 Å². The van der Waals surface area contributed by atoms with Gasteiger partial charge in [0.2, 0.25) is 0 Å². The average Bonchev–Trinajstić information content (AvgIpc) is 2.94. The summed E-state index contributed by atoms with van der Waals surface area (Å²) in [4.78, 5) is 37.6. The van der Waals surface area contributed by atoms with Gasteiger partial charge in [0.1, 0.15) is 18.1 Å². The maximum Gasteiger partial charge on any atom is 0.269 e. The topological polar surface area (TPSA) is 111 Å². The van der Waals surface area contributed by atoms with Crippen molar-refractivity contribution in [2.75, 3.05) is 16.8 Å². The molecule has 5 rings (SSSR count). The molecule has 9 heteroatoms. The molecule has 4 aromatic carbocycles. The van der Waals surface area contributed by atoms with Gasteiger partial charge >= 0.3 is 0 Å². The number of carbonyl (C=O) groups is 2. The first-order valence-electron chi connectivity index (χ1n) is 11.8. The van der Waals surface area contributed by atoms with Crippen LogP contribution in [0.4, 0.5) is 17.1 Å². The Hall–Kier alpha value is -5.18. The molecule has 0 aliphatic carbocycles. The van der Waals surface area contributed by atoms with Crippen LogP contribution < -0.4 is 19.7 Å². The molecular weight excluding hydrogens is 486 g/mol. The van der Waals surface area contributed by atoms with E-state index in [-0.39, 0.29) is 30.7 Å². The molecule has 0 radical (unpaired) electrons. The number of benzene rings is 4. The number of anilines is 2. The van der Waals surface area contributed by atoms with Crippen LogP contribution in [0, 0.1) is 10.1 Å². The highest BCUT2D eigenvalue weighted by Gasteiger charge is 2.27. The first-order valence-corrected chi connectivity index (χ1v) is 11.8. The molecule has 0 bridgehead atoms. The van der Waals surface area contributed by atoms with Gasteiger partial charge in [-0.25, -0.2) is 0 Å². The van der Waals surface area contributed by atoms with E-state index in [2.05, 4.69) is 5.32 Å². The van der Waals surface area contributed by atoms with Gasteiger partial charge in [-0.3, -0.25) is 19.7 Å². The van der Waals surface area contributed by atoms with Gasteiger partial charge in [0, 0.05) is 23.4 Å². The van der Waals surface area contributed by atoms with Gasteiger partial charge in [-0.2, -0.15) is 0 Å².